The van der Waals surface area contributed by atoms with Crippen molar-refractivity contribution >= 4 is 29.7 Å². The van der Waals surface area contributed by atoms with Crippen LogP contribution in [0.4, 0.5) is 4.79 Å². The monoisotopic (exact) mass is 591 g/mol. The number of piperidine rings is 1. The van der Waals surface area contributed by atoms with Gasteiger partial charge in [-0.2, -0.15) is 0 Å². The Balaban J connectivity index is 1.36. The zero-order valence-electron chi connectivity index (χ0n) is 24.6. The molecule has 3 heterocycles. The van der Waals surface area contributed by atoms with Crippen molar-refractivity contribution in [1.29, 1.82) is 0 Å². The first kappa shape index (κ1) is 30.0. The number of imide groups is 1. The highest BCUT2D eigenvalue weighted by Gasteiger charge is 2.47. The lowest BCUT2D eigenvalue weighted by Crippen LogP contribution is -2.60. The maximum atomic E-state index is 13.3. The number of ether oxygens (including phenoxy) is 2. The second-order valence-electron chi connectivity index (χ2n) is 11.5. The highest BCUT2D eigenvalue weighted by Crippen LogP contribution is 2.26. The molecule has 5 rings (SSSR count). The quantitative estimate of drug-likeness (QED) is 0.520. The molecule has 228 valence electrons. The first-order valence-electron chi connectivity index (χ1n) is 14.5. The Bertz CT molecular complexity index is 1430. The number of likely N-dealkylation sites (N-methyl/N-ethyl adjacent to an activating group) is 1. The van der Waals surface area contributed by atoms with E-state index in [9.17, 15) is 24.0 Å². The number of likely N-dealkylation sites (tertiary alicyclic amines) is 1. The Morgan fingerprint density at radius 3 is 2.40 bits per heavy atom. The number of fused-ring (bicyclic) bond motifs is 5. The molecule has 4 bridgehead atoms. The van der Waals surface area contributed by atoms with E-state index >= 15 is 0 Å². The minimum atomic E-state index is -1.15. The Morgan fingerprint density at radius 1 is 1.02 bits per heavy atom. The largest absolute Gasteiger partial charge is 0.457 e. The number of benzene rings is 2. The second-order valence-corrected chi connectivity index (χ2v) is 11.5. The molecular weight excluding hydrogens is 554 g/mol. The number of nitrogens with zero attached hydrogens (tertiary/aromatic N) is 3. The predicted octanol–water partition coefficient (Wildman–Crippen LogP) is 1.82. The summed E-state index contributed by atoms with van der Waals surface area (Å²) in [5, 5.41) is 5.25. The molecule has 2 aromatic carbocycles. The molecule has 43 heavy (non-hydrogen) atoms. The third-order valence-electron chi connectivity index (χ3n) is 8.16. The van der Waals surface area contributed by atoms with E-state index in [1.165, 1.54) is 9.80 Å². The fraction of sp³-hybridized carbons (Fsp3) is 0.452. The average Bonchev–Trinajstić information content (AvgIpc) is 3.16. The molecule has 12 heteroatoms. The number of urea groups is 1. The molecule has 0 spiro atoms. The highest BCUT2D eigenvalue weighted by molar-refractivity contribution is 6.07. The third kappa shape index (κ3) is 6.80. The second kappa shape index (κ2) is 12.4. The number of nitrogens with one attached hydrogen (secondary N) is 2. The van der Waals surface area contributed by atoms with Crippen LogP contribution in [-0.2, 0) is 36.9 Å². The fourth-order valence-electron chi connectivity index (χ4n) is 5.54. The van der Waals surface area contributed by atoms with Crippen LogP contribution in [0.5, 0.6) is 11.5 Å². The molecule has 0 unspecified atom stereocenters. The van der Waals surface area contributed by atoms with Gasteiger partial charge >= 0.3 is 6.03 Å². The van der Waals surface area contributed by atoms with E-state index in [0.717, 1.165) is 11.1 Å². The topological polar surface area (TPSA) is 138 Å². The van der Waals surface area contributed by atoms with Gasteiger partial charge in [-0.25, -0.2) is 4.79 Å². The molecule has 0 saturated carbocycles. The zero-order chi connectivity index (χ0) is 30.7. The summed E-state index contributed by atoms with van der Waals surface area (Å²) in [5.41, 5.74) is 0.488. The van der Waals surface area contributed by atoms with E-state index in [0.29, 0.717) is 31.0 Å². The van der Waals surface area contributed by atoms with Crippen LogP contribution in [0.25, 0.3) is 0 Å². The molecule has 0 radical (unpaired) electrons. The molecule has 2 fully saturated rings. The molecule has 6 amide bonds. The normalized spacial score (nSPS) is 22.7. The molecule has 3 aliphatic rings. The minimum Gasteiger partial charge on any atom is -0.457 e. The van der Waals surface area contributed by atoms with Gasteiger partial charge in [-0.05, 0) is 62.6 Å². The average molecular weight is 592 g/mol. The van der Waals surface area contributed by atoms with E-state index in [1.807, 2.05) is 55.5 Å². The molecule has 3 aliphatic heterocycles. The van der Waals surface area contributed by atoms with Gasteiger partial charge in [-0.3, -0.25) is 24.5 Å². The van der Waals surface area contributed by atoms with Crippen molar-refractivity contribution in [2.24, 2.45) is 0 Å². The Morgan fingerprint density at radius 2 is 1.72 bits per heavy atom. The van der Waals surface area contributed by atoms with Gasteiger partial charge in [0.25, 0.3) is 5.91 Å². The standard InChI is InChI=1S/C31H37N5O7/c1-4-34-17-26(37)32-24-16-35(28(39)18-36-30(41)33-29(40)31(36,2)3)12-11-25(24)42-19-21-8-6-10-23(14-21)43-22-9-5-7-20(13-22)15-27(34)38/h5-10,13-14,24-25H,4,11-12,15-19H2,1-3H3,(H,32,37)(H,33,40,41)/t24-,25-/m0/s1. The lowest BCUT2D eigenvalue weighted by molar-refractivity contribution is -0.140. The van der Waals surface area contributed by atoms with Crippen molar-refractivity contribution in [2.75, 3.05) is 32.7 Å². The number of amides is 6. The summed E-state index contributed by atoms with van der Waals surface area (Å²) in [6.45, 7) is 5.65. The van der Waals surface area contributed by atoms with Crippen molar-refractivity contribution in [1.82, 2.24) is 25.3 Å². The number of rotatable bonds is 3. The van der Waals surface area contributed by atoms with Crippen LogP contribution in [0, 0.1) is 0 Å². The number of hydrogen-bond acceptors (Lipinski definition) is 7. The summed E-state index contributed by atoms with van der Waals surface area (Å²) in [6, 6.07) is 13.7. The molecule has 2 saturated heterocycles. The summed E-state index contributed by atoms with van der Waals surface area (Å²) < 4.78 is 12.4. The lowest BCUT2D eigenvalue weighted by atomic mass is 10.0. The van der Waals surface area contributed by atoms with E-state index < -0.39 is 29.6 Å². The summed E-state index contributed by atoms with van der Waals surface area (Å²) in [5.74, 6) is -0.139. The minimum absolute atomic E-state index is 0.110. The third-order valence-corrected chi connectivity index (χ3v) is 8.16. The molecule has 0 aliphatic carbocycles. The Kier molecular flexibility index (Phi) is 8.67. The molecular formula is C31H37N5O7. The van der Waals surface area contributed by atoms with Crippen LogP contribution in [-0.4, -0.2) is 94.8 Å². The molecule has 12 nitrogen and oxygen atoms in total. The van der Waals surface area contributed by atoms with Crippen LogP contribution in [0.2, 0.25) is 0 Å². The van der Waals surface area contributed by atoms with Crippen molar-refractivity contribution < 1.29 is 33.4 Å². The lowest BCUT2D eigenvalue weighted by Gasteiger charge is -2.40. The van der Waals surface area contributed by atoms with Crippen molar-refractivity contribution in [3.63, 3.8) is 0 Å². The number of carbonyl (C=O) groups excluding carboxylic acids is 5. The molecule has 2 aromatic rings. The van der Waals surface area contributed by atoms with Gasteiger partial charge in [0, 0.05) is 19.6 Å². The highest BCUT2D eigenvalue weighted by atomic mass is 16.5. The van der Waals surface area contributed by atoms with Crippen LogP contribution >= 0.6 is 0 Å². The van der Waals surface area contributed by atoms with E-state index in [1.54, 1.807) is 18.7 Å². The molecule has 2 N–H and O–H groups in total. The summed E-state index contributed by atoms with van der Waals surface area (Å²) >= 11 is 0. The van der Waals surface area contributed by atoms with E-state index in [4.69, 9.17) is 9.47 Å². The van der Waals surface area contributed by atoms with Crippen LogP contribution in [0.3, 0.4) is 0 Å². The van der Waals surface area contributed by atoms with Crippen molar-refractivity contribution in [3.05, 3.63) is 59.7 Å². The van der Waals surface area contributed by atoms with E-state index in [2.05, 4.69) is 10.6 Å². The first-order chi connectivity index (χ1) is 20.5. The Labute approximate surface area is 250 Å². The van der Waals surface area contributed by atoms with Crippen molar-refractivity contribution in [3.8, 4) is 11.5 Å². The SMILES string of the molecule is CCN1CC(=O)N[C@H]2CN(C(=O)CN3C(=O)NC(=O)C3(C)C)CC[C@@H]2OCc2cccc(c2)Oc2cccc(c2)CC1=O. The summed E-state index contributed by atoms with van der Waals surface area (Å²) in [6.07, 6.45) is 0.129. The van der Waals surface area contributed by atoms with Gasteiger partial charge in [-0.15, -0.1) is 0 Å². The number of hydrogen-bond donors (Lipinski definition) is 2. The summed E-state index contributed by atoms with van der Waals surface area (Å²) in [7, 11) is 0. The molecule has 0 aromatic heterocycles. The van der Waals surface area contributed by atoms with Gasteiger partial charge in [-0.1, -0.05) is 24.3 Å². The smallest absolute Gasteiger partial charge is 0.325 e. The Hall–Kier alpha value is -4.45. The van der Waals surface area contributed by atoms with Crippen LogP contribution in [0.15, 0.2) is 48.5 Å². The van der Waals surface area contributed by atoms with Gasteiger partial charge in [0.05, 0.1) is 31.7 Å². The molecule has 2 atom stereocenters. The van der Waals surface area contributed by atoms with Crippen LogP contribution < -0.4 is 15.4 Å². The first-order valence-corrected chi connectivity index (χ1v) is 14.5. The van der Waals surface area contributed by atoms with Crippen molar-refractivity contribution in [2.45, 2.75) is 57.9 Å². The maximum Gasteiger partial charge on any atom is 0.325 e. The summed E-state index contributed by atoms with van der Waals surface area (Å²) in [4.78, 5) is 68.5. The van der Waals surface area contributed by atoms with Gasteiger partial charge in [0.15, 0.2) is 0 Å². The van der Waals surface area contributed by atoms with Crippen LogP contribution in [0.1, 0.15) is 38.3 Å². The number of carbonyl (C=O) groups is 5. The van der Waals surface area contributed by atoms with Gasteiger partial charge in [0.1, 0.15) is 23.6 Å². The predicted molar refractivity (Wildman–Crippen MR) is 155 cm³/mol. The zero-order valence-corrected chi connectivity index (χ0v) is 24.6. The van der Waals surface area contributed by atoms with Gasteiger partial charge in [0.2, 0.25) is 17.7 Å². The van der Waals surface area contributed by atoms with E-state index in [-0.39, 0.29) is 50.4 Å². The van der Waals surface area contributed by atoms with Gasteiger partial charge < -0.3 is 29.5 Å². The fourth-order valence-corrected chi connectivity index (χ4v) is 5.54. The maximum absolute atomic E-state index is 13.3.